The summed E-state index contributed by atoms with van der Waals surface area (Å²) in [5.74, 6) is 0.705. The second-order valence-corrected chi connectivity index (χ2v) is 5.12. The number of hydrogen-bond donors (Lipinski definition) is 2. The zero-order chi connectivity index (χ0) is 16.9. The molecule has 0 bridgehead atoms. The second kappa shape index (κ2) is 6.87. The fourth-order valence-electron chi connectivity index (χ4n) is 2.31. The summed E-state index contributed by atoms with van der Waals surface area (Å²) in [6.07, 6.45) is 1.32. The van der Waals surface area contributed by atoms with E-state index in [1.165, 1.54) is 6.26 Å². The van der Waals surface area contributed by atoms with Gasteiger partial charge in [0.1, 0.15) is 12.0 Å². The van der Waals surface area contributed by atoms with Crippen molar-refractivity contribution in [1.29, 1.82) is 0 Å². The standard InChI is InChI=1S/C18H17N3O3/c1-23-16-9-5-2-6-12(16)10-20-17(22)15-11-24-18(21-15)13-7-3-4-8-14(13)19/h2-9,11H,10,19H2,1H3,(H,20,22). The highest BCUT2D eigenvalue weighted by Crippen LogP contribution is 2.24. The molecule has 0 aliphatic heterocycles. The topological polar surface area (TPSA) is 90.4 Å². The molecule has 3 rings (SSSR count). The molecule has 0 atom stereocenters. The van der Waals surface area contributed by atoms with Crippen LogP contribution in [0.15, 0.2) is 59.2 Å². The first-order valence-electron chi connectivity index (χ1n) is 7.39. The third-order valence-corrected chi connectivity index (χ3v) is 3.56. The van der Waals surface area contributed by atoms with Gasteiger partial charge in [-0.1, -0.05) is 30.3 Å². The highest BCUT2D eigenvalue weighted by Gasteiger charge is 2.15. The molecule has 2 aromatic carbocycles. The van der Waals surface area contributed by atoms with Gasteiger partial charge in [-0.05, 0) is 18.2 Å². The summed E-state index contributed by atoms with van der Waals surface area (Å²) < 4.78 is 10.6. The Balaban J connectivity index is 1.71. The lowest BCUT2D eigenvalue weighted by Gasteiger charge is -2.08. The van der Waals surface area contributed by atoms with Crippen molar-refractivity contribution in [3.8, 4) is 17.2 Å². The van der Waals surface area contributed by atoms with Crippen molar-refractivity contribution in [2.45, 2.75) is 6.54 Å². The smallest absolute Gasteiger partial charge is 0.273 e. The number of anilines is 1. The van der Waals surface area contributed by atoms with Crippen molar-refractivity contribution in [2.75, 3.05) is 12.8 Å². The van der Waals surface area contributed by atoms with Gasteiger partial charge in [0.05, 0.1) is 12.7 Å². The Labute approximate surface area is 139 Å². The van der Waals surface area contributed by atoms with Gasteiger partial charge in [-0.25, -0.2) is 4.98 Å². The van der Waals surface area contributed by atoms with E-state index in [1.54, 1.807) is 19.2 Å². The molecule has 3 aromatic rings. The molecule has 0 saturated carbocycles. The van der Waals surface area contributed by atoms with Crippen molar-refractivity contribution in [3.63, 3.8) is 0 Å². The largest absolute Gasteiger partial charge is 0.496 e. The number of nitrogens with two attached hydrogens (primary N) is 1. The SMILES string of the molecule is COc1ccccc1CNC(=O)c1coc(-c2ccccc2N)n1. The van der Waals surface area contributed by atoms with Crippen LogP contribution < -0.4 is 15.8 Å². The monoisotopic (exact) mass is 323 g/mol. The summed E-state index contributed by atoms with van der Waals surface area (Å²) in [6, 6.07) is 14.7. The number of carbonyl (C=O) groups excluding carboxylic acids is 1. The number of amides is 1. The molecule has 0 unspecified atom stereocenters. The van der Waals surface area contributed by atoms with E-state index >= 15 is 0 Å². The van der Waals surface area contributed by atoms with Crippen LogP contribution >= 0.6 is 0 Å². The van der Waals surface area contributed by atoms with Gasteiger partial charge in [-0.3, -0.25) is 4.79 Å². The summed E-state index contributed by atoms with van der Waals surface area (Å²) >= 11 is 0. The summed E-state index contributed by atoms with van der Waals surface area (Å²) in [5, 5.41) is 2.80. The fourth-order valence-corrected chi connectivity index (χ4v) is 2.31. The van der Waals surface area contributed by atoms with Crippen LogP contribution in [0.1, 0.15) is 16.1 Å². The van der Waals surface area contributed by atoms with E-state index < -0.39 is 0 Å². The predicted octanol–water partition coefficient (Wildman–Crippen LogP) is 2.86. The van der Waals surface area contributed by atoms with Crippen LogP contribution in [0.4, 0.5) is 5.69 Å². The van der Waals surface area contributed by atoms with Gasteiger partial charge >= 0.3 is 0 Å². The van der Waals surface area contributed by atoms with Crippen molar-refractivity contribution < 1.29 is 13.9 Å². The zero-order valence-corrected chi connectivity index (χ0v) is 13.2. The van der Waals surface area contributed by atoms with Crippen LogP contribution in [0.5, 0.6) is 5.75 Å². The van der Waals surface area contributed by atoms with Crippen LogP contribution in [0, 0.1) is 0 Å². The fraction of sp³-hybridized carbons (Fsp3) is 0.111. The zero-order valence-electron chi connectivity index (χ0n) is 13.2. The van der Waals surface area contributed by atoms with Crippen LogP contribution in [0.25, 0.3) is 11.5 Å². The Bertz CT molecular complexity index is 858. The van der Waals surface area contributed by atoms with Crippen molar-refractivity contribution in [2.24, 2.45) is 0 Å². The van der Waals surface area contributed by atoms with E-state index in [0.29, 0.717) is 23.7 Å². The minimum absolute atomic E-state index is 0.197. The van der Waals surface area contributed by atoms with Gasteiger partial charge in [-0.2, -0.15) is 0 Å². The Morgan fingerprint density at radius 2 is 1.96 bits per heavy atom. The highest BCUT2D eigenvalue weighted by molar-refractivity contribution is 5.92. The summed E-state index contributed by atoms with van der Waals surface area (Å²) in [6.45, 7) is 0.332. The molecular weight excluding hydrogens is 306 g/mol. The number of benzene rings is 2. The minimum Gasteiger partial charge on any atom is -0.496 e. The molecule has 122 valence electrons. The molecule has 0 aliphatic carbocycles. The third kappa shape index (κ3) is 3.22. The van der Waals surface area contributed by atoms with E-state index in [9.17, 15) is 4.79 Å². The van der Waals surface area contributed by atoms with E-state index in [-0.39, 0.29) is 11.6 Å². The lowest BCUT2D eigenvalue weighted by Crippen LogP contribution is -2.23. The average Bonchev–Trinajstić information content (AvgIpc) is 3.10. The Hall–Kier alpha value is -3.28. The average molecular weight is 323 g/mol. The molecule has 6 heteroatoms. The molecule has 0 fully saturated rings. The molecule has 0 saturated heterocycles. The molecule has 6 nitrogen and oxygen atoms in total. The maximum atomic E-state index is 12.2. The quantitative estimate of drug-likeness (QED) is 0.705. The number of rotatable bonds is 5. The first-order chi connectivity index (χ1) is 11.7. The highest BCUT2D eigenvalue weighted by atomic mass is 16.5. The van der Waals surface area contributed by atoms with Gasteiger partial charge in [0.2, 0.25) is 5.89 Å². The van der Waals surface area contributed by atoms with Crippen LogP contribution in [-0.4, -0.2) is 18.0 Å². The van der Waals surface area contributed by atoms with E-state index in [0.717, 1.165) is 11.3 Å². The molecule has 24 heavy (non-hydrogen) atoms. The number of nitrogen functional groups attached to an aromatic ring is 1. The van der Waals surface area contributed by atoms with Gasteiger partial charge in [0.25, 0.3) is 5.91 Å². The number of nitrogens with zero attached hydrogens (tertiary/aromatic N) is 1. The number of hydrogen-bond acceptors (Lipinski definition) is 5. The molecule has 1 aromatic heterocycles. The molecule has 1 amide bonds. The van der Waals surface area contributed by atoms with Crippen molar-refractivity contribution >= 4 is 11.6 Å². The normalized spacial score (nSPS) is 10.4. The number of aromatic nitrogens is 1. The van der Waals surface area contributed by atoms with Gasteiger partial charge in [0, 0.05) is 17.8 Å². The Kier molecular flexibility index (Phi) is 4.47. The summed E-state index contributed by atoms with van der Waals surface area (Å²) in [7, 11) is 1.59. The molecule has 1 heterocycles. The number of oxazole rings is 1. The van der Waals surface area contributed by atoms with Crippen molar-refractivity contribution in [3.05, 3.63) is 66.1 Å². The molecule has 0 radical (unpaired) electrons. The maximum Gasteiger partial charge on any atom is 0.273 e. The van der Waals surface area contributed by atoms with Gasteiger partial charge in [-0.15, -0.1) is 0 Å². The lowest BCUT2D eigenvalue weighted by molar-refractivity contribution is 0.0945. The van der Waals surface area contributed by atoms with E-state index in [4.69, 9.17) is 14.9 Å². The van der Waals surface area contributed by atoms with Crippen LogP contribution in [-0.2, 0) is 6.54 Å². The van der Waals surface area contributed by atoms with E-state index in [2.05, 4.69) is 10.3 Å². The second-order valence-electron chi connectivity index (χ2n) is 5.12. The van der Waals surface area contributed by atoms with Gasteiger partial charge in [0.15, 0.2) is 5.69 Å². The summed E-state index contributed by atoms with van der Waals surface area (Å²) in [4.78, 5) is 16.4. The first-order valence-corrected chi connectivity index (χ1v) is 7.39. The summed E-state index contributed by atoms with van der Waals surface area (Å²) in [5.41, 5.74) is 8.16. The third-order valence-electron chi connectivity index (χ3n) is 3.56. The van der Waals surface area contributed by atoms with Crippen LogP contribution in [0.2, 0.25) is 0 Å². The molecule has 3 N–H and O–H groups in total. The molecule has 0 aliphatic rings. The minimum atomic E-state index is -0.328. The van der Waals surface area contributed by atoms with Gasteiger partial charge < -0.3 is 20.2 Å². The van der Waals surface area contributed by atoms with Crippen molar-refractivity contribution in [1.82, 2.24) is 10.3 Å². The number of methoxy groups -OCH3 is 1. The molecular formula is C18H17N3O3. The number of nitrogens with one attached hydrogen (secondary N) is 1. The molecule has 0 spiro atoms. The van der Waals surface area contributed by atoms with Crippen LogP contribution in [0.3, 0.4) is 0 Å². The Morgan fingerprint density at radius 1 is 1.21 bits per heavy atom. The van der Waals surface area contributed by atoms with E-state index in [1.807, 2.05) is 36.4 Å². The Morgan fingerprint density at radius 3 is 2.75 bits per heavy atom. The number of carbonyl (C=O) groups is 1. The number of para-hydroxylation sites is 2. The predicted molar refractivity (Wildman–Crippen MR) is 90.5 cm³/mol. The number of ether oxygens (including phenoxy) is 1. The lowest BCUT2D eigenvalue weighted by atomic mass is 10.2. The first kappa shape index (κ1) is 15.6. The maximum absolute atomic E-state index is 12.2.